The molecule has 12 amide bonds. The number of H-pyrrole nitrogens is 3. The van der Waals surface area contributed by atoms with E-state index in [0.29, 0.717) is 38.6 Å². The lowest BCUT2D eigenvalue weighted by Gasteiger charge is -2.27. The second-order valence-electron chi connectivity index (χ2n) is 27.4. The first kappa shape index (κ1) is 85.9. The molecule has 13 atom stereocenters. The number of rotatable bonds is 24. The van der Waals surface area contributed by atoms with Crippen molar-refractivity contribution in [2.75, 3.05) is 24.6 Å². The summed E-state index contributed by atoms with van der Waals surface area (Å²) in [6.45, 7) is 11.8. The number of carboxylic acids is 2. The first-order valence-electron chi connectivity index (χ1n) is 35.6. The van der Waals surface area contributed by atoms with E-state index in [2.05, 4.69) is 102 Å². The van der Waals surface area contributed by atoms with Crippen LogP contribution in [0.2, 0.25) is 0 Å². The van der Waals surface area contributed by atoms with Gasteiger partial charge in [-0.2, -0.15) is 24.4 Å². The normalized spacial score (nSPS) is 23.2. The van der Waals surface area contributed by atoms with Gasteiger partial charge in [0.05, 0.1) is 25.0 Å². The summed E-state index contributed by atoms with van der Waals surface area (Å²) >= 11 is 5.36. The topological polar surface area (TPSA) is 516 Å². The highest BCUT2D eigenvalue weighted by molar-refractivity contribution is 7.99. The highest BCUT2D eigenvalue weighted by Gasteiger charge is 2.37. The molecule has 0 bridgehead atoms. The maximum atomic E-state index is 15.0. The second-order valence-corrected chi connectivity index (χ2v) is 29.3. The van der Waals surface area contributed by atoms with E-state index in [1.807, 2.05) is 0 Å². The average Bonchev–Trinajstić information content (AvgIpc) is 1.71. The van der Waals surface area contributed by atoms with Crippen LogP contribution in [0.3, 0.4) is 0 Å². The number of aliphatic hydroxyl groups is 1. The fraction of sp³-hybridized carbons (Fsp3) is 0.535. The fourth-order valence-electron chi connectivity index (χ4n) is 11.8. The van der Waals surface area contributed by atoms with Crippen molar-refractivity contribution in [1.29, 1.82) is 0 Å². The number of nitrogens with zero attached hydrogens (tertiary/aromatic N) is 1. The molecule has 0 spiro atoms. The Labute approximate surface area is 628 Å². The van der Waals surface area contributed by atoms with Crippen LogP contribution in [0.25, 0.3) is 21.8 Å². The number of nitrogens with one attached hydrogen (secondary N) is 16. The molecule has 1 unspecified atom stereocenters. The first-order chi connectivity index (χ1) is 50.8. The van der Waals surface area contributed by atoms with Gasteiger partial charge < -0.3 is 94.1 Å². The fourth-order valence-corrected chi connectivity index (χ4v) is 13.0. The summed E-state index contributed by atoms with van der Waals surface area (Å²) in [6, 6.07) is -1.78. The number of aromatic nitrogens is 4. The van der Waals surface area contributed by atoms with Crippen molar-refractivity contribution in [3.8, 4) is 0 Å². The first-order valence-corrected chi connectivity index (χ1v) is 37.2. The van der Waals surface area contributed by atoms with E-state index in [-0.39, 0.29) is 81.3 Å². The van der Waals surface area contributed by atoms with Gasteiger partial charge in [0, 0.05) is 95.9 Å². The molecule has 1 aliphatic heterocycles. The zero-order valence-electron chi connectivity index (χ0n) is 61.1. The van der Waals surface area contributed by atoms with Crippen LogP contribution in [-0.2, 0) is 86.4 Å². The van der Waals surface area contributed by atoms with Gasteiger partial charge >= 0.3 is 11.9 Å². The molecule has 5 aromatic rings. The molecule has 0 aliphatic carbocycles. The minimum Gasteiger partial charge on any atom is -0.481 e. The van der Waals surface area contributed by atoms with Crippen molar-refractivity contribution >= 4 is 129 Å². The van der Waals surface area contributed by atoms with E-state index in [0.717, 1.165) is 11.8 Å². The number of carbonyl (C=O) groups excluding carboxylic acids is 12. The van der Waals surface area contributed by atoms with E-state index >= 15 is 0 Å². The van der Waals surface area contributed by atoms with Gasteiger partial charge in [-0.3, -0.25) is 72.4 Å². The van der Waals surface area contributed by atoms with Crippen LogP contribution < -0.4 is 69.1 Å². The average molecular weight is 1530 g/mol. The van der Waals surface area contributed by atoms with Gasteiger partial charge in [0.1, 0.15) is 60.4 Å². The standard InChI is InChI=1S/C71H101N17O17S2/c1-9-46-64(98)86-55(27-42-31-74-48-17-13-11-15-45(42)48)68(102)82-51(62(96)75-29-38(6)89)22-23-107-34-57(88-65(99)49(79-40(8)106)18-20-59(91)92)71(105)78-39(7)61(95)83-54(26-41-30-73-47-16-12-10-14-44(41)47)69(103)87-56(28-43-32-72-35-77-43)70(104)84-52(24-36(2)3)63(97)76-33-58(90)80-50(19-21-60(93)94)66(100)85-53(25-37(4)5)67(101)81-46/h10-17,30-32,35-40,46,49-57,73-74,79,89,106H,9,18-29,33-34H2,1-8H3,(H,72,77)(H,75,96)(H,76,97)(H,78,105)(H,80,90)(H,81,101)(H,82,102)(H,83,95)(H,84,104)(H,85,100)(H,86,98)(H,87,103)(H,88,99)(H,91,92)(H,93,94)/t38-,39+,40?,46+,49+,50+,51+,52+,53+,54+,55+,56+,57+/m1/s1. The number of aromatic amines is 3. The summed E-state index contributed by atoms with van der Waals surface area (Å²) in [5.74, 6) is -14.3. The molecule has 36 heteroatoms. The van der Waals surface area contributed by atoms with Crippen LogP contribution in [0.5, 0.6) is 0 Å². The Bertz CT molecular complexity index is 3900. The van der Waals surface area contributed by atoms with Crippen molar-refractivity contribution in [2.45, 2.75) is 204 Å². The molecule has 0 radical (unpaired) electrons. The molecular formula is C71H101N17O17S2. The van der Waals surface area contributed by atoms with Crippen molar-refractivity contribution in [2.24, 2.45) is 11.8 Å². The Kier molecular flexibility index (Phi) is 34.0. The Morgan fingerprint density at radius 1 is 0.598 bits per heavy atom. The zero-order chi connectivity index (χ0) is 78.6. The maximum Gasteiger partial charge on any atom is 0.303 e. The summed E-state index contributed by atoms with van der Waals surface area (Å²) < 4.78 is 0. The molecule has 19 N–H and O–H groups in total. The van der Waals surface area contributed by atoms with Crippen LogP contribution in [0.1, 0.15) is 124 Å². The Balaban J connectivity index is 1.43. The largest absolute Gasteiger partial charge is 0.481 e. The number of para-hydroxylation sites is 2. The number of thioether (sulfide) groups is 1. The highest BCUT2D eigenvalue weighted by Crippen LogP contribution is 2.22. The third kappa shape index (κ3) is 28.0. The van der Waals surface area contributed by atoms with Crippen LogP contribution in [0.15, 0.2) is 73.4 Å². The van der Waals surface area contributed by atoms with Crippen molar-refractivity contribution in [3.63, 3.8) is 0 Å². The monoisotopic (exact) mass is 1530 g/mol. The maximum absolute atomic E-state index is 15.0. The third-order valence-corrected chi connectivity index (χ3v) is 18.6. The molecular weight excluding hydrogens is 1430 g/mol. The minimum atomic E-state index is -1.62. The van der Waals surface area contributed by atoms with Crippen LogP contribution in [0, 0.1) is 11.8 Å². The molecule has 34 nitrogen and oxygen atoms in total. The minimum absolute atomic E-state index is 0.0256. The molecule has 584 valence electrons. The predicted molar refractivity (Wildman–Crippen MR) is 399 cm³/mol. The van der Waals surface area contributed by atoms with E-state index in [1.165, 1.54) is 26.4 Å². The number of thiol groups is 1. The van der Waals surface area contributed by atoms with Crippen molar-refractivity contribution in [3.05, 3.63) is 90.3 Å². The Morgan fingerprint density at radius 3 is 1.64 bits per heavy atom. The van der Waals surface area contributed by atoms with Crippen LogP contribution in [-0.4, -0.2) is 221 Å². The van der Waals surface area contributed by atoms with Gasteiger partial charge in [-0.15, -0.1) is 0 Å². The number of hydrogen-bond acceptors (Lipinski definition) is 19. The van der Waals surface area contributed by atoms with Gasteiger partial charge in [-0.1, -0.05) is 71.0 Å². The molecule has 1 fully saturated rings. The van der Waals surface area contributed by atoms with Gasteiger partial charge in [0.2, 0.25) is 70.9 Å². The molecule has 1 saturated heterocycles. The third-order valence-electron chi connectivity index (χ3n) is 17.3. The summed E-state index contributed by atoms with van der Waals surface area (Å²) in [6.07, 6.45) is 2.05. The zero-order valence-corrected chi connectivity index (χ0v) is 62.8. The van der Waals surface area contributed by atoms with Gasteiger partial charge in [-0.05, 0) is 100 Å². The summed E-state index contributed by atoms with van der Waals surface area (Å²) in [4.78, 5) is 211. The number of amides is 12. The summed E-state index contributed by atoms with van der Waals surface area (Å²) in [5, 5.41) is 64.8. The van der Waals surface area contributed by atoms with E-state index in [9.17, 15) is 82.4 Å². The summed E-state index contributed by atoms with van der Waals surface area (Å²) in [7, 11) is 0. The lowest BCUT2D eigenvalue weighted by atomic mass is 10.0. The number of imidazole rings is 1. The Hall–Kier alpha value is -10.1. The number of carbonyl (C=O) groups is 14. The molecule has 107 heavy (non-hydrogen) atoms. The molecule has 2 aromatic carbocycles. The molecule has 1 aliphatic rings. The molecule has 6 rings (SSSR count). The lowest BCUT2D eigenvalue weighted by molar-refractivity contribution is -0.139. The Morgan fingerprint density at radius 2 is 1.10 bits per heavy atom. The lowest BCUT2D eigenvalue weighted by Crippen LogP contribution is -2.60. The van der Waals surface area contributed by atoms with Gasteiger partial charge in [-0.25, -0.2) is 4.98 Å². The SMILES string of the molecule is CC[C@@H]1NC(=O)[C@H](CC(C)C)NC(=O)[C@H](CCC(=O)O)NC(=O)CNC(=O)[C@H](CC(C)C)NC(=O)[C@H](Cc2cnc[nH]2)NC(=O)[C@H](Cc2c[nH]c3ccccc23)NC(=O)[C@H](C)NC(=O)[C@@H](NC(=O)[C@H](CCC(=O)O)NC(C)S)CSCC[C@@H](C(=O)NC[C@@H](C)O)NC(=O)[C@H](Cc2c[nH]c3ccccc23)NC1=O. The van der Waals surface area contributed by atoms with Crippen molar-refractivity contribution in [1.82, 2.24) is 89.1 Å². The number of aliphatic hydroxyl groups excluding tert-OH is 1. The van der Waals surface area contributed by atoms with Gasteiger partial charge in [0.15, 0.2) is 0 Å². The van der Waals surface area contributed by atoms with Gasteiger partial charge in [0.25, 0.3) is 0 Å². The summed E-state index contributed by atoms with van der Waals surface area (Å²) in [5.41, 5.74) is 2.80. The molecule has 4 heterocycles. The number of benzene rings is 2. The number of aliphatic carboxylic acids is 2. The van der Waals surface area contributed by atoms with Crippen molar-refractivity contribution < 1.29 is 82.4 Å². The van der Waals surface area contributed by atoms with Crippen LogP contribution >= 0.6 is 24.4 Å². The van der Waals surface area contributed by atoms with E-state index in [1.54, 1.807) is 102 Å². The predicted octanol–water partition coefficient (Wildman–Crippen LogP) is -0.516. The number of hydrogen-bond donors (Lipinski definition) is 20. The number of carboxylic acid groups (broad SMARTS) is 2. The van der Waals surface area contributed by atoms with E-state index in [4.69, 9.17) is 0 Å². The molecule has 3 aromatic heterocycles. The molecule has 0 saturated carbocycles. The van der Waals surface area contributed by atoms with Crippen LogP contribution in [0.4, 0.5) is 0 Å². The smallest absolute Gasteiger partial charge is 0.303 e. The second kappa shape index (κ2) is 42.3. The van der Waals surface area contributed by atoms with E-state index < -0.39 is 187 Å². The quantitative estimate of drug-likeness (QED) is 0.0273. The number of fused-ring (bicyclic) bond motifs is 2. The highest BCUT2D eigenvalue weighted by atomic mass is 32.2.